The molecular formula is C16H31N3O4. The van der Waals surface area contributed by atoms with Crippen LogP contribution in [0, 0.1) is 5.92 Å². The van der Waals surface area contributed by atoms with E-state index in [0.29, 0.717) is 19.1 Å². The molecule has 0 aromatic carbocycles. The van der Waals surface area contributed by atoms with E-state index in [2.05, 4.69) is 29.4 Å². The fourth-order valence-electron chi connectivity index (χ4n) is 2.34. The maximum absolute atomic E-state index is 11.8. The molecule has 1 fully saturated rings. The first kappa shape index (κ1) is 19.7. The molecule has 0 saturated carbocycles. The minimum absolute atomic E-state index is 0.00650. The van der Waals surface area contributed by atoms with E-state index in [-0.39, 0.29) is 18.6 Å². The highest BCUT2D eigenvalue weighted by Crippen LogP contribution is 2.07. The zero-order valence-corrected chi connectivity index (χ0v) is 15.0. The molecule has 1 atom stereocenters. The minimum Gasteiger partial charge on any atom is -0.444 e. The lowest BCUT2D eigenvalue weighted by atomic mass is 10.2. The van der Waals surface area contributed by atoms with E-state index in [0.717, 1.165) is 19.6 Å². The molecule has 1 aliphatic heterocycles. The van der Waals surface area contributed by atoms with Crippen LogP contribution in [0.25, 0.3) is 0 Å². The molecule has 0 radical (unpaired) electrons. The number of morpholine rings is 1. The van der Waals surface area contributed by atoms with Crippen molar-refractivity contribution in [2.45, 2.75) is 46.3 Å². The van der Waals surface area contributed by atoms with Crippen molar-refractivity contribution in [3.63, 3.8) is 0 Å². The van der Waals surface area contributed by atoms with Gasteiger partial charge in [-0.15, -0.1) is 0 Å². The second kappa shape index (κ2) is 9.08. The van der Waals surface area contributed by atoms with Gasteiger partial charge in [-0.25, -0.2) is 4.79 Å². The van der Waals surface area contributed by atoms with Crippen molar-refractivity contribution in [3.8, 4) is 0 Å². The number of ether oxygens (including phenoxy) is 2. The normalized spacial score (nSPS) is 19.5. The Labute approximate surface area is 139 Å². The molecule has 0 aromatic heterocycles. The third kappa shape index (κ3) is 9.40. The van der Waals surface area contributed by atoms with Gasteiger partial charge in [0, 0.05) is 26.2 Å². The number of hydrogen-bond acceptors (Lipinski definition) is 5. The number of rotatable bonds is 6. The van der Waals surface area contributed by atoms with Crippen LogP contribution in [0.2, 0.25) is 0 Å². The summed E-state index contributed by atoms with van der Waals surface area (Å²) in [5, 5.41) is 5.22. The van der Waals surface area contributed by atoms with E-state index >= 15 is 0 Å². The van der Waals surface area contributed by atoms with Gasteiger partial charge in [0.2, 0.25) is 5.91 Å². The number of carbonyl (C=O) groups excluding carboxylic acids is 2. The van der Waals surface area contributed by atoms with Crippen molar-refractivity contribution in [3.05, 3.63) is 0 Å². The van der Waals surface area contributed by atoms with Crippen LogP contribution in [-0.4, -0.2) is 67.9 Å². The van der Waals surface area contributed by atoms with Crippen LogP contribution < -0.4 is 10.6 Å². The van der Waals surface area contributed by atoms with Crippen molar-refractivity contribution in [2.75, 3.05) is 39.3 Å². The number of nitrogens with zero attached hydrogens (tertiary/aromatic N) is 1. The van der Waals surface area contributed by atoms with Gasteiger partial charge in [-0.05, 0) is 26.7 Å². The number of carbonyl (C=O) groups is 2. The molecule has 134 valence electrons. The average molecular weight is 329 g/mol. The van der Waals surface area contributed by atoms with Crippen molar-refractivity contribution < 1.29 is 19.1 Å². The Morgan fingerprint density at radius 3 is 2.61 bits per heavy atom. The van der Waals surface area contributed by atoms with Crippen molar-refractivity contribution in [1.82, 2.24) is 15.5 Å². The fraction of sp³-hybridized carbons (Fsp3) is 0.875. The van der Waals surface area contributed by atoms with Gasteiger partial charge in [-0.3, -0.25) is 9.69 Å². The number of nitrogens with one attached hydrogen (secondary N) is 2. The molecule has 1 unspecified atom stereocenters. The summed E-state index contributed by atoms with van der Waals surface area (Å²) >= 11 is 0. The highest BCUT2D eigenvalue weighted by Gasteiger charge is 2.21. The number of hydrogen-bond donors (Lipinski definition) is 2. The molecule has 1 saturated heterocycles. The summed E-state index contributed by atoms with van der Waals surface area (Å²) in [7, 11) is 0. The molecule has 2 amide bonds. The van der Waals surface area contributed by atoms with Gasteiger partial charge in [-0.2, -0.15) is 0 Å². The zero-order valence-electron chi connectivity index (χ0n) is 15.0. The Balaban J connectivity index is 2.21. The average Bonchev–Trinajstić information content (AvgIpc) is 2.41. The van der Waals surface area contributed by atoms with Crippen LogP contribution >= 0.6 is 0 Å². The Kier molecular flexibility index (Phi) is 7.78. The minimum atomic E-state index is -0.593. The third-order valence-corrected chi connectivity index (χ3v) is 3.17. The van der Waals surface area contributed by atoms with E-state index < -0.39 is 11.7 Å². The summed E-state index contributed by atoms with van der Waals surface area (Å²) in [6, 6.07) is 0. The third-order valence-electron chi connectivity index (χ3n) is 3.17. The number of alkyl carbamates (subject to hydrolysis) is 1. The van der Waals surface area contributed by atoms with E-state index in [1.165, 1.54) is 0 Å². The van der Waals surface area contributed by atoms with Crippen LogP contribution in [0.1, 0.15) is 34.6 Å². The van der Waals surface area contributed by atoms with E-state index in [1.807, 2.05) is 0 Å². The molecule has 1 aliphatic rings. The van der Waals surface area contributed by atoms with Crippen LogP contribution in [0.15, 0.2) is 0 Å². The quantitative estimate of drug-likeness (QED) is 0.759. The first-order valence-corrected chi connectivity index (χ1v) is 8.23. The van der Waals surface area contributed by atoms with Gasteiger partial charge in [0.05, 0.1) is 19.3 Å². The molecule has 23 heavy (non-hydrogen) atoms. The largest absolute Gasteiger partial charge is 0.444 e. The second-order valence-electron chi connectivity index (χ2n) is 7.31. The summed E-state index contributed by atoms with van der Waals surface area (Å²) < 4.78 is 10.7. The predicted octanol–water partition coefficient (Wildman–Crippen LogP) is 0.984. The SMILES string of the molecule is CC(C)CN1CCOC(CNC(=O)CNC(=O)OC(C)(C)C)C1. The lowest BCUT2D eigenvalue weighted by Crippen LogP contribution is -2.49. The van der Waals surface area contributed by atoms with Crippen molar-refractivity contribution in [2.24, 2.45) is 5.92 Å². The summed E-state index contributed by atoms with van der Waals surface area (Å²) in [5.41, 5.74) is -0.573. The molecule has 0 aromatic rings. The fourth-order valence-corrected chi connectivity index (χ4v) is 2.34. The first-order valence-electron chi connectivity index (χ1n) is 8.23. The molecule has 2 N–H and O–H groups in total. The van der Waals surface area contributed by atoms with Crippen molar-refractivity contribution >= 4 is 12.0 Å². The van der Waals surface area contributed by atoms with Gasteiger partial charge in [0.25, 0.3) is 0 Å². The van der Waals surface area contributed by atoms with Crippen LogP contribution in [0.5, 0.6) is 0 Å². The molecule has 0 bridgehead atoms. The van der Waals surface area contributed by atoms with Crippen molar-refractivity contribution in [1.29, 1.82) is 0 Å². The standard InChI is InChI=1S/C16H31N3O4/c1-12(2)10-19-6-7-22-13(11-19)8-17-14(20)9-18-15(21)23-16(3,4)5/h12-13H,6-11H2,1-5H3,(H,17,20)(H,18,21). The van der Waals surface area contributed by atoms with Crippen LogP contribution in [0.3, 0.4) is 0 Å². The topological polar surface area (TPSA) is 79.9 Å². The van der Waals surface area contributed by atoms with E-state index in [4.69, 9.17) is 9.47 Å². The zero-order chi connectivity index (χ0) is 17.5. The lowest BCUT2D eigenvalue weighted by molar-refractivity contribution is -0.121. The molecule has 1 heterocycles. The van der Waals surface area contributed by atoms with Gasteiger partial charge in [0.1, 0.15) is 5.60 Å². The molecule has 7 heteroatoms. The highest BCUT2D eigenvalue weighted by atomic mass is 16.6. The summed E-state index contributed by atoms with van der Waals surface area (Å²) in [4.78, 5) is 25.6. The molecule has 0 aliphatic carbocycles. The lowest BCUT2D eigenvalue weighted by Gasteiger charge is -2.33. The molecule has 0 spiro atoms. The van der Waals surface area contributed by atoms with Crippen LogP contribution in [0.4, 0.5) is 4.79 Å². The number of amides is 2. The summed E-state index contributed by atoms with van der Waals surface area (Å²) in [6.45, 7) is 13.5. The van der Waals surface area contributed by atoms with Gasteiger partial charge in [-0.1, -0.05) is 13.8 Å². The first-order chi connectivity index (χ1) is 10.7. The van der Waals surface area contributed by atoms with Gasteiger partial charge >= 0.3 is 6.09 Å². The van der Waals surface area contributed by atoms with Crippen LogP contribution in [-0.2, 0) is 14.3 Å². The second-order valence-corrected chi connectivity index (χ2v) is 7.31. The molecule has 7 nitrogen and oxygen atoms in total. The maximum atomic E-state index is 11.8. The Hall–Kier alpha value is -1.34. The Morgan fingerprint density at radius 1 is 1.30 bits per heavy atom. The maximum Gasteiger partial charge on any atom is 0.408 e. The van der Waals surface area contributed by atoms with Gasteiger partial charge < -0.3 is 20.1 Å². The van der Waals surface area contributed by atoms with E-state index in [1.54, 1.807) is 20.8 Å². The predicted molar refractivity (Wildman–Crippen MR) is 88.3 cm³/mol. The van der Waals surface area contributed by atoms with Gasteiger partial charge in [0.15, 0.2) is 0 Å². The molecular weight excluding hydrogens is 298 g/mol. The molecule has 1 rings (SSSR count). The Bertz CT molecular complexity index is 393. The Morgan fingerprint density at radius 2 is 2.00 bits per heavy atom. The summed E-state index contributed by atoms with van der Waals surface area (Å²) in [5.74, 6) is 0.363. The smallest absolute Gasteiger partial charge is 0.408 e. The summed E-state index contributed by atoms with van der Waals surface area (Å²) in [6.07, 6.45) is -0.599. The highest BCUT2D eigenvalue weighted by molar-refractivity contribution is 5.82. The van der Waals surface area contributed by atoms with E-state index in [9.17, 15) is 9.59 Å². The monoisotopic (exact) mass is 329 g/mol.